The Morgan fingerprint density at radius 1 is 1.28 bits per heavy atom. The Morgan fingerprint density at radius 2 is 2.12 bits per heavy atom. The van der Waals surface area contributed by atoms with Crippen LogP contribution >= 0.6 is 12.3 Å². The van der Waals surface area contributed by atoms with Crippen LogP contribution in [0.3, 0.4) is 0 Å². The summed E-state index contributed by atoms with van der Waals surface area (Å²) in [5.74, 6) is 1.25. The zero-order valence-corrected chi connectivity index (χ0v) is 14.9. The highest BCUT2D eigenvalue weighted by Crippen LogP contribution is 2.28. The van der Waals surface area contributed by atoms with E-state index >= 15 is 0 Å². The van der Waals surface area contributed by atoms with E-state index in [1.165, 1.54) is 8.97 Å². The fourth-order valence-corrected chi connectivity index (χ4v) is 2.63. The van der Waals surface area contributed by atoms with Crippen molar-refractivity contribution in [2.75, 3.05) is 13.2 Å². The molecule has 132 valence electrons. The molecule has 3 rings (SSSR count). The van der Waals surface area contributed by atoms with E-state index in [1.807, 2.05) is 20.8 Å². The smallest absolute Gasteiger partial charge is 0.339 e. The van der Waals surface area contributed by atoms with Crippen molar-refractivity contribution in [3.05, 3.63) is 46.9 Å². The summed E-state index contributed by atoms with van der Waals surface area (Å²) < 4.78 is 19.0. The topological polar surface area (TPSA) is 79.9 Å². The minimum Gasteiger partial charge on any atom is -0.492 e. The summed E-state index contributed by atoms with van der Waals surface area (Å²) in [6.07, 6.45) is 4.84. The molecule has 0 saturated carbocycles. The van der Waals surface area contributed by atoms with Crippen LogP contribution in [0.4, 0.5) is 0 Å². The van der Waals surface area contributed by atoms with Gasteiger partial charge in [-0.15, -0.1) is 0 Å². The molecule has 0 aliphatic carbocycles. The first kappa shape index (κ1) is 17.3. The molecule has 0 saturated heterocycles. The van der Waals surface area contributed by atoms with Crippen molar-refractivity contribution in [2.45, 2.75) is 20.8 Å². The maximum absolute atomic E-state index is 12.8. The molecule has 25 heavy (non-hydrogen) atoms. The van der Waals surface area contributed by atoms with Gasteiger partial charge in [0.1, 0.15) is 11.4 Å². The molecule has 3 aromatic rings. The number of hydrogen-bond acceptors (Lipinski definition) is 7. The van der Waals surface area contributed by atoms with Gasteiger partial charge in [-0.25, -0.2) is 19.3 Å². The molecule has 0 bridgehead atoms. The van der Waals surface area contributed by atoms with Gasteiger partial charge < -0.3 is 8.92 Å². The molecule has 0 spiro atoms. The Labute approximate surface area is 148 Å². The van der Waals surface area contributed by atoms with E-state index in [4.69, 9.17) is 13.1 Å². The van der Waals surface area contributed by atoms with Gasteiger partial charge in [-0.2, -0.15) is 0 Å². The third-order valence-electron chi connectivity index (χ3n) is 3.28. The molecule has 8 nitrogen and oxygen atoms in total. The van der Waals surface area contributed by atoms with E-state index in [1.54, 1.807) is 30.7 Å². The Hall–Kier alpha value is -2.52. The van der Waals surface area contributed by atoms with Gasteiger partial charge in [0, 0.05) is 18.5 Å². The van der Waals surface area contributed by atoms with E-state index in [2.05, 4.69) is 9.97 Å². The summed E-state index contributed by atoms with van der Waals surface area (Å²) in [6.45, 7) is 6.55. The van der Waals surface area contributed by atoms with E-state index in [0.29, 0.717) is 36.2 Å². The van der Waals surface area contributed by atoms with Crippen molar-refractivity contribution >= 4 is 18.0 Å². The van der Waals surface area contributed by atoms with Crippen LogP contribution in [-0.2, 0) is 4.18 Å². The minimum absolute atomic E-state index is 0.291. The highest BCUT2D eigenvalue weighted by atomic mass is 32.2. The maximum atomic E-state index is 12.8. The van der Waals surface area contributed by atoms with Crippen LogP contribution in [0.25, 0.3) is 11.5 Å². The highest BCUT2D eigenvalue weighted by Gasteiger charge is 2.14. The monoisotopic (exact) mass is 362 g/mol. The van der Waals surface area contributed by atoms with E-state index < -0.39 is 0 Å². The van der Waals surface area contributed by atoms with Crippen molar-refractivity contribution in [1.82, 2.24) is 18.9 Å². The lowest BCUT2D eigenvalue weighted by Crippen LogP contribution is -2.25. The predicted molar refractivity (Wildman–Crippen MR) is 94.3 cm³/mol. The van der Waals surface area contributed by atoms with Gasteiger partial charge in [-0.1, -0.05) is 0 Å². The predicted octanol–water partition coefficient (Wildman–Crippen LogP) is 2.57. The second-order valence-corrected chi connectivity index (χ2v) is 5.60. The average Bonchev–Trinajstić information content (AvgIpc) is 2.98. The van der Waals surface area contributed by atoms with Gasteiger partial charge in [0.25, 0.3) is 0 Å². The summed E-state index contributed by atoms with van der Waals surface area (Å²) in [5, 5.41) is 0. The summed E-state index contributed by atoms with van der Waals surface area (Å²) in [5.41, 5.74) is 1.05. The van der Waals surface area contributed by atoms with Crippen LogP contribution in [0, 0.1) is 6.92 Å². The molecule has 0 aromatic carbocycles. The quantitative estimate of drug-likeness (QED) is 0.472. The molecule has 0 fully saturated rings. The average molecular weight is 362 g/mol. The summed E-state index contributed by atoms with van der Waals surface area (Å²) in [4.78, 5) is 21.4. The third kappa shape index (κ3) is 3.62. The summed E-state index contributed by atoms with van der Waals surface area (Å²) in [6, 6.07) is 3.42. The molecule has 9 heteroatoms. The highest BCUT2D eigenvalue weighted by molar-refractivity contribution is 7.90. The maximum Gasteiger partial charge on any atom is 0.339 e. The number of ether oxygens (including phenoxy) is 1. The van der Waals surface area contributed by atoms with Gasteiger partial charge in [-0.3, -0.25) is 8.58 Å². The number of imidazole rings is 1. The Bertz CT molecular complexity index is 938. The van der Waals surface area contributed by atoms with Crippen LogP contribution in [0.5, 0.6) is 11.5 Å². The van der Waals surface area contributed by atoms with Crippen LogP contribution in [0.15, 0.2) is 35.5 Å². The first-order valence-corrected chi connectivity index (χ1v) is 8.47. The van der Waals surface area contributed by atoms with Gasteiger partial charge >= 0.3 is 5.69 Å². The number of rotatable bonds is 7. The third-order valence-corrected chi connectivity index (χ3v) is 3.85. The molecule has 3 aromatic heterocycles. The molecule has 0 aliphatic heterocycles. The largest absolute Gasteiger partial charge is 0.492 e. The Morgan fingerprint density at radius 3 is 2.88 bits per heavy atom. The number of fused-ring (bicyclic) bond motifs is 1. The fourth-order valence-electron chi connectivity index (χ4n) is 2.29. The van der Waals surface area contributed by atoms with Gasteiger partial charge in [0.15, 0.2) is 11.6 Å². The van der Waals surface area contributed by atoms with Crippen LogP contribution in [0.1, 0.15) is 19.5 Å². The van der Waals surface area contributed by atoms with Crippen LogP contribution < -0.4 is 14.6 Å². The normalized spacial score (nSPS) is 11.0. The van der Waals surface area contributed by atoms with Crippen molar-refractivity contribution < 1.29 is 13.1 Å². The molecule has 0 unspecified atom stereocenters. The second kappa shape index (κ2) is 7.58. The van der Waals surface area contributed by atoms with Gasteiger partial charge in [0.05, 0.1) is 25.1 Å². The first-order chi connectivity index (χ1) is 12.1. The molecule has 0 atom stereocenters. The summed E-state index contributed by atoms with van der Waals surface area (Å²) in [7, 11) is 0. The number of pyridine rings is 1. The second-order valence-electron chi connectivity index (χ2n) is 5.06. The van der Waals surface area contributed by atoms with Crippen molar-refractivity contribution in [3.8, 4) is 17.3 Å². The lowest BCUT2D eigenvalue weighted by molar-refractivity contribution is 0.336. The van der Waals surface area contributed by atoms with Crippen molar-refractivity contribution in [2.24, 2.45) is 0 Å². The lowest BCUT2D eigenvalue weighted by Gasteiger charge is -2.12. The number of hydrogen-bond donors (Lipinski definition) is 0. The fraction of sp³-hybridized carbons (Fsp3) is 0.312. The van der Waals surface area contributed by atoms with Gasteiger partial charge in [-0.05, 0) is 26.8 Å². The molecule has 0 N–H and O–H groups in total. The molecule has 0 aliphatic rings. The minimum atomic E-state index is -0.291. The van der Waals surface area contributed by atoms with E-state index in [0.717, 1.165) is 18.0 Å². The Kier molecular flexibility index (Phi) is 5.25. The number of aryl methyl sites for hydroxylation is 1. The van der Waals surface area contributed by atoms with Crippen molar-refractivity contribution in [3.63, 3.8) is 0 Å². The molecule has 0 amide bonds. The zero-order valence-electron chi connectivity index (χ0n) is 14.1. The molecular formula is C16H18N4O4S. The lowest BCUT2D eigenvalue weighted by atomic mass is 10.4. The Balaban J connectivity index is 2.08. The van der Waals surface area contributed by atoms with Crippen molar-refractivity contribution in [1.29, 1.82) is 0 Å². The van der Waals surface area contributed by atoms with Crippen LogP contribution in [-0.4, -0.2) is 32.1 Å². The zero-order chi connectivity index (χ0) is 17.8. The number of aromatic nitrogens is 4. The summed E-state index contributed by atoms with van der Waals surface area (Å²) >= 11 is 0.825. The standard InChI is InChI=1S/C16H18N4O4S/c1-4-22-12-8-13(24-25-23-5-2)15(17-9-12)19-7-6-14-18-11(3)10-20(14)16(19)21/h6-10H,4-5H2,1-3H3. The first-order valence-electron chi connectivity index (χ1n) is 7.80. The molecule has 0 radical (unpaired) electrons. The van der Waals surface area contributed by atoms with Crippen LogP contribution in [0.2, 0.25) is 0 Å². The molecule has 3 heterocycles. The number of nitrogens with zero attached hydrogens (tertiary/aromatic N) is 4. The van der Waals surface area contributed by atoms with E-state index in [-0.39, 0.29) is 5.69 Å². The van der Waals surface area contributed by atoms with E-state index in [9.17, 15) is 4.79 Å². The van der Waals surface area contributed by atoms with Gasteiger partial charge in [0.2, 0.25) is 12.3 Å². The SMILES string of the molecule is CCOSOc1cc(OCC)cnc1-n1ccc2nc(C)cn2c1=O. The molecular weight excluding hydrogens is 344 g/mol.